The van der Waals surface area contributed by atoms with E-state index >= 15 is 0 Å². The van der Waals surface area contributed by atoms with E-state index in [-0.39, 0.29) is 11.5 Å². The van der Waals surface area contributed by atoms with Gasteiger partial charge in [-0.1, -0.05) is 0 Å². The maximum Gasteiger partial charge on any atom is 0.255 e. The standard InChI is InChI=1S/C20H25N3O4/c1-5-26-17-10-7-13(11-18(17)27-6-2)20(25)22-16-9-8-14(23(3)4)12-15(16)19(21)24/h7-12H,5-6H2,1-4H3,(H2,21,24)(H,22,25). The van der Waals surface area contributed by atoms with Crippen molar-refractivity contribution in [3.63, 3.8) is 0 Å². The van der Waals surface area contributed by atoms with Crippen LogP contribution in [0.4, 0.5) is 11.4 Å². The van der Waals surface area contributed by atoms with Crippen LogP contribution in [0.25, 0.3) is 0 Å². The van der Waals surface area contributed by atoms with E-state index in [4.69, 9.17) is 15.2 Å². The van der Waals surface area contributed by atoms with Gasteiger partial charge in [0.25, 0.3) is 11.8 Å². The molecule has 7 heteroatoms. The minimum atomic E-state index is -0.615. The van der Waals surface area contributed by atoms with Gasteiger partial charge in [-0.15, -0.1) is 0 Å². The van der Waals surface area contributed by atoms with Gasteiger partial charge in [-0.2, -0.15) is 0 Å². The van der Waals surface area contributed by atoms with Crippen molar-refractivity contribution in [1.82, 2.24) is 0 Å². The molecule has 0 aliphatic rings. The second kappa shape index (κ2) is 8.93. The highest BCUT2D eigenvalue weighted by atomic mass is 16.5. The molecular weight excluding hydrogens is 346 g/mol. The Labute approximate surface area is 159 Å². The number of ether oxygens (including phenoxy) is 2. The van der Waals surface area contributed by atoms with Crippen LogP contribution in [0.15, 0.2) is 36.4 Å². The first-order valence-electron chi connectivity index (χ1n) is 8.69. The van der Waals surface area contributed by atoms with Crippen LogP contribution in [0.2, 0.25) is 0 Å². The van der Waals surface area contributed by atoms with E-state index in [0.717, 1.165) is 5.69 Å². The summed E-state index contributed by atoms with van der Waals surface area (Å²) in [7, 11) is 3.71. The molecule has 0 spiro atoms. The SMILES string of the molecule is CCOc1ccc(C(=O)Nc2ccc(N(C)C)cc2C(N)=O)cc1OCC. The summed E-state index contributed by atoms with van der Waals surface area (Å²) in [4.78, 5) is 26.3. The Morgan fingerprint density at radius 3 is 2.26 bits per heavy atom. The number of anilines is 2. The lowest BCUT2D eigenvalue weighted by atomic mass is 10.1. The third-order valence-electron chi connectivity index (χ3n) is 3.84. The van der Waals surface area contributed by atoms with E-state index in [1.54, 1.807) is 36.4 Å². The molecule has 144 valence electrons. The van der Waals surface area contributed by atoms with E-state index in [2.05, 4.69) is 5.32 Å². The lowest BCUT2D eigenvalue weighted by molar-refractivity contribution is 0.100. The first kappa shape index (κ1) is 20.1. The van der Waals surface area contributed by atoms with Crippen molar-refractivity contribution in [2.45, 2.75) is 13.8 Å². The predicted octanol–water partition coefficient (Wildman–Crippen LogP) is 2.90. The molecule has 27 heavy (non-hydrogen) atoms. The molecule has 0 saturated carbocycles. The molecular formula is C20H25N3O4. The Morgan fingerprint density at radius 2 is 1.67 bits per heavy atom. The maximum absolute atomic E-state index is 12.7. The Morgan fingerprint density at radius 1 is 1.00 bits per heavy atom. The molecule has 0 aliphatic carbocycles. The number of carbonyl (C=O) groups is 2. The molecule has 0 saturated heterocycles. The van der Waals surface area contributed by atoms with Crippen molar-refractivity contribution >= 4 is 23.2 Å². The third kappa shape index (κ3) is 4.91. The zero-order valence-corrected chi connectivity index (χ0v) is 16.0. The lowest BCUT2D eigenvalue weighted by Gasteiger charge is -2.16. The van der Waals surface area contributed by atoms with Gasteiger partial charge in [0, 0.05) is 25.3 Å². The first-order chi connectivity index (χ1) is 12.9. The molecule has 0 bridgehead atoms. The molecule has 0 fully saturated rings. The molecule has 0 heterocycles. The molecule has 3 N–H and O–H groups in total. The predicted molar refractivity (Wildman–Crippen MR) is 106 cm³/mol. The second-order valence-electron chi connectivity index (χ2n) is 5.97. The summed E-state index contributed by atoms with van der Waals surface area (Å²) < 4.78 is 11.1. The summed E-state index contributed by atoms with van der Waals surface area (Å²) in [6.45, 7) is 4.67. The van der Waals surface area contributed by atoms with Gasteiger partial charge < -0.3 is 25.4 Å². The van der Waals surface area contributed by atoms with Gasteiger partial charge in [0.2, 0.25) is 0 Å². The number of carbonyl (C=O) groups excluding carboxylic acids is 2. The molecule has 2 aromatic carbocycles. The van der Waals surface area contributed by atoms with Crippen LogP contribution in [0, 0.1) is 0 Å². The zero-order valence-electron chi connectivity index (χ0n) is 16.0. The Kier molecular flexibility index (Phi) is 6.65. The molecule has 0 atom stereocenters. The fraction of sp³-hybridized carbons (Fsp3) is 0.300. The van der Waals surface area contributed by atoms with E-state index in [0.29, 0.717) is 36.0 Å². The highest BCUT2D eigenvalue weighted by Crippen LogP contribution is 2.29. The average Bonchev–Trinajstić information content (AvgIpc) is 2.63. The normalized spacial score (nSPS) is 10.2. The Hall–Kier alpha value is -3.22. The summed E-state index contributed by atoms with van der Waals surface area (Å²) in [6, 6.07) is 10.0. The quantitative estimate of drug-likeness (QED) is 0.744. The minimum absolute atomic E-state index is 0.241. The first-order valence-corrected chi connectivity index (χ1v) is 8.69. The summed E-state index contributed by atoms with van der Waals surface area (Å²) in [5.74, 6) is 0.0731. The lowest BCUT2D eigenvalue weighted by Crippen LogP contribution is -2.19. The topological polar surface area (TPSA) is 93.9 Å². The second-order valence-corrected chi connectivity index (χ2v) is 5.97. The number of hydrogen-bond donors (Lipinski definition) is 2. The van der Waals surface area contributed by atoms with Gasteiger partial charge in [0.05, 0.1) is 24.5 Å². The van der Waals surface area contributed by atoms with E-state index in [1.165, 1.54) is 0 Å². The van der Waals surface area contributed by atoms with Crippen molar-refractivity contribution in [1.29, 1.82) is 0 Å². The van der Waals surface area contributed by atoms with Crippen molar-refractivity contribution in [3.05, 3.63) is 47.5 Å². The molecule has 0 aliphatic heterocycles. The molecule has 0 unspecified atom stereocenters. The van der Waals surface area contributed by atoms with E-state index < -0.39 is 5.91 Å². The molecule has 2 rings (SSSR count). The zero-order chi connectivity index (χ0) is 20.0. The smallest absolute Gasteiger partial charge is 0.255 e. The number of nitrogens with zero attached hydrogens (tertiary/aromatic N) is 1. The molecule has 0 aromatic heterocycles. The van der Waals surface area contributed by atoms with Gasteiger partial charge in [0.1, 0.15) is 0 Å². The highest BCUT2D eigenvalue weighted by Gasteiger charge is 2.16. The van der Waals surface area contributed by atoms with Gasteiger partial charge >= 0.3 is 0 Å². The van der Waals surface area contributed by atoms with Crippen molar-refractivity contribution in [2.24, 2.45) is 5.73 Å². The number of nitrogens with two attached hydrogens (primary N) is 1. The van der Waals surface area contributed by atoms with E-state index in [9.17, 15) is 9.59 Å². The van der Waals surface area contributed by atoms with Gasteiger partial charge in [-0.3, -0.25) is 9.59 Å². The fourth-order valence-corrected chi connectivity index (χ4v) is 2.51. The fourth-order valence-electron chi connectivity index (χ4n) is 2.51. The van der Waals surface area contributed by atoms with Crippen molar-refractivity contribution < 1.29 is 19.1 Å². The molecule has 2 amide bonds. The van der Waals surface area contributed by atoms with Gasteiger partial charge in [-0.05, 0) is 50.2 Å². The largest absolute Gasteiger partial charge is 0.490 e. The monoisotopic (exact) mass is 371 g/mol. The van der Waals surface area contributed by atoms with Gasteiger partial charge in [-0.25, -0.2) is 0 Å². The number of nitrogens with one attached hydrogen (secondary N) is 1. The van der Waals surface area contributed by atoms with Crippen LogP contribution in [0.5, 0.6) is 11.5 Å². The van der Waals surface area contributed by atoms with Crippen LogP contribution in [0.1, 0.15) is 34.6 Å². The summed E-state index contributed by atoms with van der Waals surface area (Å²) in [5, 5.41) is 2.74. The number of amides is 2. The Bertz CT molecular complexity index is 834. The summed E-state index contributed by atoms with van der Waals surface area (Å²) >= 11 is 0. The van der Waals surface area contributed by atoms with Gasteiger partial charge in [0.15, 0.2) is 11.5 Å². The third-order valence-corrected chi connectivity index (χ3v) is 3.84. The number of primary amides is 1. The highest BCUT2D eigenvalue weighted by molar-refractivity contribution is 6.09. The van der Waals surface area contributed by atoms with Crippen molar-refractivity contribution in [3.8, 4) is 11.5 Å². The van der Waals surface area contributed by atoms with Crippen LogP contribution >= 0.6 is 0 Å². The van der Waals surface area contributed by atoms with Crippen LogP contribution in [0.3, 0.4) is 0 Å². The maximum atomic E-state index is 12.7. The molecule has 2 aromatic rings. The number of benzene rings is 2. The average molecular weight is 371 g/mol. The summed E-state index contributed by atoms with van der Waals surface area (Å²) in [6.07, 6.45) is 0. The number of rotatable bonds is 8. The molecule has 7 nitrogen and oxygen atoms in total. The summed E-state index contributed by atoms with van der Waals surface area (Å²) in [5.41, 5.74) is 7.25. The molecule has 0 radical (unpaired) electrons. The van der Waals surface area contributed by atoms with Crippen LogP contribution < -0.4 is 25.4 Å². The minimum Gasteiger partial charge on any atom is -0.490 e. The van der Waals surface area contributed by atoms with Crippen LogP contribution in [-0.4, -0.2) is 39.1 Å². The van der Waals surface area contributed by atoms with Crippen molar-refractivity contribution in [2.75, 3.05) is 37.5 Å². The number of hydrogen-bond acceptors (Lipinski definition) is 5. The van der Waals surface area contributed by atoms with E-state index in [1.807, 2.05) is 32.8 Å². The Balaban J connectivity index is 2.31. The van der Waals surface area contributed by atoms with Crippen LogP contribution in [-0.2, 0) is 0 Å².